The minimum absolute atomic E-state index is 0.777. The monoisotopic (exact) mass is 249 g/mol. The molecule has 90 valence electrons. The summed E-state index contributed by atoms with van der Waals surface area (Å²) in [4.78, 5) is 0. The van der Waals surface area contributed by atoms with Gasteiger partial charge in [0.2, 0.25) is 0 Å². The zero-order chi connectivity index (χ0) is 12.3. The molecule has 0 amide bonds. The largest absolute Gasteiger partial charge is 0.384 e. The smallest absolute Gasteiger partial charge is 0.0492 e. The molecular weight excluding hydrogens is 234 g/mol. The first-order valence-electron chi connectivity index (χ1n) is 5.64. The van der Waals surface area contributed by atoms with Crippen LogP contribution in [0.3, 0.4) is 0 Å². The zero-order valence-electron chi connectivity index (χ0n) is 10.1. The minimum atomic E-state index is 0.777. The standard InChI is InChI=1S/C13H16ClN3/c1-10-9-11(14)3-4-13(10)15-7-5-12-6-8-16-17(12)2/h3-4,6,8-9,15H,5,7H2,1-2H3. The molecule has 0 saturated carbocycles. The van der Waals surface area contributed by atoms with Crippen LogP contribution in [0.25, 0.3) is 0 Å². The predicted molar refractivity (Wildman–Crippen MR) is 71.6 cm³/mol. The predicted octanol–water partition coefficient (Wildman–Crippen LogP) is 3.04. The molecule has 0 spiro atoms. The number of hydrogen-bond acceptors (Lipinski definition) is 2. The second-order valence-corrected chi connectivity index (χ2v) is 4.52. The Morgan fingerprint density at radius 2 is 2.18 bits per heavy atom. The molecule has 1 heterocycles. The molecule has 0 atom stereocenters. The third kappa shape index (κ3) is 3.01. The maximum absolute atomic E-state index is 5.91. The molecule has 4 heteroatoms. The number of benzene rings is 1. The second-order valence-electron chi connectivity index (χ2n) is 4.08. The van der Waals surface area contributed by atoms with Crippen molar-refractivity contribution in [2.45, 2.75) is 13.3 Å². The Labute approximate surface area is 106 Å². The molecule has 0 aliphatic carbocycles. The first-order valence-corrected chi connectivity index (χ1v) is 6.01. The van der Waals surface area contributed by atoms with E-state index in [0.717, 1.165) is 23.7 Å². The number of nitrogens with one attached hydrogen (secondary N) is 1. The van der Waals surface area contributed by atoms with Gasteiger partial charge in [0.25, 0.3) is 0 Å². The molecule has 2 rings (SSSR count). The van der Waals surface area contributed by atoms with Crippen LogP contribution in [-0.2, 0) is 13.5 Å². The molecule has 0 aliphatic rings. The molecule has 3 nitrogen and oxygen atoms in total. The summed E-state index contributed by atoms with van der Waals surface area (Å²) >= 11 is 5.91. The molecule has 17 heavy (non-hydrogen) atoms. The summed E-state index contributed by atoms with van der Waals surface area (Å²) < 4.78 is 1.90. The number of aromatic nitrogens is 2. The van der Waals surface area contributed by atoms with Gasteiger partial charge in [-0.1, -0.05) is 11.6 Å². The van der Waals surface area contributed by atoms with Crippen molar-refractivity contribution >= 4 is 17.3 Å². The van der Waals surface area contributed by atoms with E-state index in [-0.39, 0.29) is 0 Å². The molecule has 0 saturated heterocycles. The molecule has 1 N–H and O–H groups in total. The molecule has 0 aliphatic heterocycles. The van der Waals surface area contributed by atoms with Crippen LogP contribution in [0.1, 0.15) is 11.3 Å². The van der Waals surface area contributed by atoms with Crippen molar-refractivity contribution in [3.63, 3.8) is 0 Å². The maximum Gasteiger partial charge on any atom is 0.0492 e. The van der Waals surface area contributed by atoms with Crippen LogP contribution < -0.4 is 5.32 Å². The quantitative estimate of drug-likeness (QED) is 0.903. The molecule has 1 aromatic heterocycles. The summed E-state index contributed by atoms with van der Waals surface area (Å²) in [5, 5.41) is 8.33. The third-order valence-corrected chi connectivity index (χ3v) is 3.04. The van der Waals surface area contributed by atoms with E-state index in [0.29, 0.717) is 0 Å². The lowest BCUT2D eigenvalue weighted by atomic mass is 10.2. The highest BCUT2D eigenvalue weighted by Crippen LogP contribution is 2.19. The summed E-state index contributed by atoms with van der Waals surface area (Å²) in [7, 11) is 1.96. The highest BCUT2D eigenvalue weighted by molar-refractivity contribution is 6.30. The number of nitrogens with zero attached hydrogens (tertiary/aromatic N) is 2. The van der Waals surface area contributed by atoms with E-state index in [9.17, 15) is 0 Å². The van der Waals surface area contributed by atoms with Crippen LogP contribution >= 0.6 is 11.6 Å². The van der Waals surface area contributed by atoms with Gasteiger partial charge in [-0.05, 0) is 36.8 Å². The van der Waals surface area contributed by atoms with Crippen LogP contribution in [0.15, 0.2) is 30.5 Å². The maximum atomic E-state index is 5.91. The molecule has 0 fully saturated rings. The van der Waals surface area contributed by atoms with Gasteiger partial charge in [-0.3, -0.25) is 4.68 Å². The summed E-state index contributed by atoms with van der Waals surface area (Å²) in [6.07, 6.45) is 2.78. The Morgan fingerprint density at radius 1 is 1.35 bits per heavy atom. The molecule has 0 unspecified atom stereocenters. The summed E-state index contributed by atoms with van der Waals surface area (Å²) in [6.45, 7) is 2.94. The van der Waals surface area contributed by atoms with Gasteiger partial charge in [0.05, 0.1) is 0 Å². The Kier molecular flexibility index (Phi) is 3.69. The van der Waals surface area contributed by atoms with E-state index in [1.807, 2.05) is 42.2 Å². The van der Waals surface area contributed by atoms with Crippen molar-refractivity contribution in [3.05, 3.63) is 46.7 Å². The summed E-state index contributed by atoms with van der Waals surface area (Å²) in [5.41, 5.74) is 3.53. The van der Waals surface area contributed by atoms with Crippen LogP contribution in [0, 0.1) is 6.92 Å². The number of hydrogen-bond donors (Lipinski definition) is 1. The normalized spacial score (nSPS) is 10.5. The van der Waals surface area contributed by atoms with Gasteiger partial charge in [-0.2, -0.15) is 5.10 Å². The van der Waals surface area contributed by atoms with Gasteiger partial charge in [-0.25, -0.2) is 0 Å². The van der Waals surface area contributed by atoms with Crippen molar-refractivity contribution in [2.75, 3.05) is 11.9 Å². The van der Waals surface area contributed by atoms with Gasteiger partial charge < -0.3 is 5.32 Å². The van der Waals surface area contributed by atoms with Crippen LogP contribution in [0.4, 0.5) is 5.69 Å². The van der Waals surface area contributed by atoms with Gasteiger partial charge in [0.15, 0.2) is 0 Å². The SMILES string of the molecule is Cc1cc(Cl)ccc1NCCc1ccnn1C. The van der Waals surface area contributed by atoms with Crippen molar-refractivity contribution in [1.29, 1.82) is 0 Å². The Hall–Kier alpha value is -1.48. The minimum Gasteiger partial charge on any atom is -0.384 e. The Balaban J connectivity index is 1.92. The fourth-order valence-electron chi connectivity index (χ4n) is 1.80. The van der Waals surface area contributed by atoms with Crippen LogP contribution in [0.5, 0.6) is 0 Å². The van der Waals surface area contributed by atoms with E-state index >= 15 is 0 Å². The Bertz CT molecular complexity index is 505. The fraction of sp³-hybridized carbons (Fsp3) is 0.308. The number of halogens is 1. The van der Waals surface area contributed by atoms with E-state index in [1.54, 1.807) is 0 Å². The lowest BCUT2D eigenvalue weighted by Crippen LogP contribution is -2.09. The number of anilines is 1. The zero-order valence-corrected chi connectivity index (χ0v) is 10.8. The van der Waals surface area contributed by atoms with Crippen molar-refractivity contribution < 1.29 is 0 Å². The van der Waals surface area contributed by atoms with Crippen molar-refractivity contribution in [3.8, 4) is 0 Å². The topological polar surface area (TPSA) is 29.9 Å². The first kappa shape index (κ1) is 12.0. The molecule has 1 aromatic carbocycles. The summed E-state index contributed by atoms with van der Waals surface area (Å²) in [5.74, 6) is 0. The van der Waals surface area contributed by atoms with E-state index in [1.165, 1.54) is 11.3 Å². The second kappa shape index (κ2) is 5.23. The number of rotatable bonds is 4. The van der Waals surface area contributed by atoms with Crippen LogP contribution in [0.2, 0.25) is 5.02 Å². The molecule has 0 bridgehead atoms. The average Bonchev–Trinajstić information content (AvgIpc) is 2.68. The lowest BCUT2D eigenvalue weighted by molar-refractivity contribution is 0.711. The van der Waals surface area contributed by atoms with Gasteiger partial charge in [0, 0.05) is 42.6 Å². The molecular formula is C13H16ClN3. The Morgan fingerprint density at radius 3 is 2.82 bits per heavy atom. The highest BCUT2D eigenvalue weighted by Gasteiger charge is 2.00. The summed E-state index contributed by atoms with van der Waals surface area (Å²) in [6, 6.07) is 7.92. The van der Waals surface area contributed by atoms with E-state index in [2.05, 4.69) is 17.3 Å². The van der Waals surface area contributed by atoms with Gasteiger partial charge in [0.1, 0.15) is 0 Å². The van der Waals surface area contributed by atoms with Gasteiger partial charge >= 0.3 is 0 Å². The van der Waals surface area contributed by atoms with Crippen molar-refractivity contribution in [2.24, 2.45) is 7.05 Å². The van der Waals surface area contributed by atoms with Gasteiger partial charge in [-0.15, -0.1) is 0 Å². The van der Waals surface area contributed by atoms with E-state index in [4.69, 9.17) is 11.6 Å². The fourth-order valence-corrected chi connectivity index (χ4v) is 2.02. The van der Waals surface area contributed by atoms with Crippen LogP contribution in [-0.4, -0.2) is 16.3 Å². The number of aryl methyl sites for hydroxylation is 2. The highest BCUT2D eigenvalue weighted by atomic mass is 35.5. The van der Waals surface area contributed by atoms with Crippen molar-refractivity contribution in [1.82, 2.24) is 9.78 Å². The third-order valence-electron chi connectivity index (χ3n) is 2.81. The lowest BCUT2D eigenvalue weighted by Gasteiger charge is -2.09. The molecule has 0 radical (unpaired) electrons. The molecule has 2 aromatic rings. The first-order chi connectivity index (χ1) is 8.16. The average molecular weight is 250 g/mol. The van der Waals surface area contributed by atoms with E-state index < -0.39 is 0 Å².